The molecule has 0 spiro atoms. The van der Waals surface area contributed by atoms with Crippen molar-refractivity contribution >= 4 is 17.4 Å². The maximum atomic E-state index is 10.1. The van der Waals surface area contributed by atoms with Crippen molar-refractivity contribution in [1.29, 1.82) is 5.26 Å². The topological polar surface area (TPSA) is 73.1 Å². The third-order valence-corrected chi connectivity index (χ3v) is 2.13. The van der Waals surface area contributed by atoms with Crippen molar-refractivity contribution in [2.75, 3.05) is 0 Å². The van der Waals surface area contributed by atoms with E-state index in [0.29, 0.717) is 5.56 Å². The highest BCUT2D eigenvalue weighted by Crippen LogP contribution is 2.12. The molecule has 0 saturated heterocycles. The quantitative estimate of drug-likeness (QED) is 0.725. The van der Waals surface area contributed by atoms with E-state index in [2.05, 4.69) is 5.32 Å². The molecule has 12 heavy (non-hydrogen) atoms. The fourth-order valence-corrected chi connectivity index (χ4v) is 1.44. The minimum Gasteiger partial charge on any atom is -0.465 e. The standard InChI is InChI=1S/C7H6N2O2S/c8-2-5-1-6(12-4-5)3-9-7(10)11/h1,4,9H,3H2,(H,10,11). The smallest absolute Gasteiger partial charge is 0.404 e. The molecule has 1 heterocycles. The van der Waals surface area contributed by atoms with Gasteiger partial charge in [-0.2, -0.15) is 5.26 Å². The summed E-state index contributed by atoms with van der Waals surface area (Å²) in [4.78, 5) is 10.9. The second-order valence-corrected chi connectivity index (χ2v) is 3.07. The first kappa shape index (κ1) is 8.56. The molecule has 1 aromatic rings. The van der Waals surface area contributed by atoms with E-state index in [-0.39, 0.29) is 6.54 Å². The third-order valence-electron chi connectivity index (χ3n) is 1.20. The molecular formula is C7H6N2O2S. The normalized spacial score (nSPS) is 8.92. The zero-order valence-corrected chi connectivity index (χ0v) is 6.89. The summed E-state index contributed by atoms with van der Waals surface area (Å²) in [7, 11) is 0. The van der Waals surface area contributed by atoms with Gasteiger partial charge in [0, 0.05) is 10.3 Å². The summed E-state index contributed by atoms with van der Waals surface area (Å²) in [6, 6.07) is 3.64. The first-order valence-electron chi connectivity index (χ1n) is 3.16. The van der Waals surface area contributed by atoms with Crippen molar-refractivity contribution in [3.05, 3.63) is 21.9 Å². The predicted octanol–water partition coefficient (Wildman–Crippen LogP) is 1.39. The molecule has 0 saturated carbocycles. The number of amides is 1. The summed E-state index contributed by atoms with van der Waals surface area (Å²) < 4.78 is 0. The number of nitrogens with one attached hydrogen (secondary N) is 1. The Hall–Kier alpha value is -1.54. The van der Waals surface area contributed by atoms with Gasteiger partial charge in [-0.05, 0) is 6.07 Å². The van der Waals surface area contributed by atoms with E-state index in [4.69, 9.17) is 10.4 Å². The van der Waals surface area contributed by atoms with E-state index < -0.39 is 6.09 Å². The molecule has 0 aliphatic heterocycles. The Kier molecular flexibility index (Phi) is 2.66. The van der Waals surface area contributed by atoms with Crippen molar-refractivity contribution in [1.82, 2.24) is 5.32 Å². The summed E-state index contributed by atoms with van der Waals surface area (Å²) >= 11 is 1.37. The van der Waals surface area contributed by atoms with Gasteiger partial charge in [-0.15, -0.1) is 11.3 Å². The van der Waals surface area contributed by atoms with Crippen LogP contribution >= 0.6 is 11.3 Å². The SMILES string of the molecule is N#Cc1csc(CNC(=O)O)c1. The van der Waals surface area contributed by atoms with Gasteiger partial charge in [-0.25, -0.2) is 4.79 Å². The summed E-state index contributed by atoms with van der Waals surface area (Å²) in [5.74, 6) is 0. The van der Waals surface area contributed by atoms with Gasteiger partial charge in [0.15, 0.2) is 0 Å². The van der Waals surface area contributed by atoms with Crippen LogP contribution in [0.5, 0.6) is 0 Å². The second kappa shape index (κ2) is 3.74. The molecule has 4 nitrogen and oxygen atoms in total. The number of hydrogen-bond donors (Lipinski definition) is 2. The van der Waals surface area contributed by atoms with Crippen molar-refractivity contribution in [3.8, 4) is 6.07 Å². The Morgan fingerprint density at radius 2 is 2.58 bits per heavy atom. The summed E-state index contributed by atoms with van der Waals surface area (Å²) in [6.45, 7) is 0.266. The van der Waals surface area contributed by atoms with Crippen LogP contribution in [0.2, 0.25) is 0 Å². The van der Waals surface area contributed by atoms with Gasteiger partial charge in [0.25, 0.3) is 0 Å². The highest BCUT2D eigenvalue weighted by atomic mass is 32.1. The third kappa shape index (κ3) is 2.25. The molecule has 0 aliphatic carbocycles. The lowest BCUT2D eigenvalue weighted by molar-refractivity contribution is 0.194. The maximum Gasteiger partial charge on any atom is 0.404 e. The minimum absolute atomic E-state index is 0.266. The molecule has 1 aromatic heterocycles. The van der Waals surface area contributed by atoms with Crippen molar-refractivity contribution in [2.24, 2.45) is 0 Å². The van der Waals surface area contributed by atoms with Gasteiger partial charge in [0.1, 0.15) is 6.07 Å². The van der Waals surface area contributed by atoms with E-state index in [1.165, 1.54) is 11.3 Å². The molecule has 0 bridgehead atoms. The molecule has 1 amide bonds. The van der Waals surface area contributed by atoms with E-state index in [1.807, 2.05) is 6.07 Å². The predicted molar refractivity (Wildman–Crippen MR) is 43.9 cm³/mol. The fourth-order valence-electron chi connectivity index (χ4n) is 0.695. The van der Waals surface area contributed by atoms with E-state index >= 15 is 0 Å². The molecule has 62 valence electrons. The lowest BCUT2D eigenvalue weighted by atomic mass is 10.3. The first-order chi connectivity index (χ1) is 5.72. The minimum atomic E-state index is -1.05. The Bertz CT molecular complexity index is 326. The molecule has 0 fully saturated rings. The van der Waals surface area contributed by atoms with Crippen LogP contribution < -0.4 is 5.32 Å². The summed E-state index contributed by atoms with van der Waals surface area (Å²) in [5.41, 5.74) is 0.571. The lowest BCUT2D eigenvalue weighted by Gasteiger charge is -1.94. The Morgan fingerprint density at radius 3 is 3.08 bits per heavy atom. The number of rotatable bonds is 2. The molecule has 0 unspecified atom stereocenters. The number of carboxylic acid groups (broad SMARTS) is 1. The number of hydrogen-bond acceptors (Lipinski definition) is 3. The van der Waals surface area contributed by atoms with Crippen LogP contribution in [-0.2, 0) is 6.54 Å². The van der Waals surface area contributed by atoms with Crippen molar-refractivity contribution < 1.29 is 9.90 Å². The molecule has 0 atom stereocenters. The number of nitriles is 1. The van der Waals surface area contributed by atoms with Crippen LogP contribution in [-0.4, -0.2) is 11.2 Å². The maximum absolute atomic E-state index is 10.1. The lowest BCUT2D eigenvalue weighted by Crippen LogP contribution is -2.19. The van der Waals surface area contributed by atoms with Gasteiger partial charge in [0.05, 0.1) is 12.1 Å². The van der Waals surface area contributed by atoms with Gasteiger partial charge < -0.3 is 10.4 Å². The average molecular weight is 182 g/mol. The largest absolute Gasteiger partial charge is 0.465 e. The molecule has 5 heteroatoms. The number of thiophene rings is 1. The van der Waals surface area contributed by atoms with Crippen LogP contribution in [0.25, 0.3) is 0 Å². The Labute approximate surface area is 73.1 Å². The monoisotopic (exact) mass is 182 g/mol. The number of carbonyl (C=O) groups is 1. The first-order valence-corrected chi connectivity index (χ1v) is 4.04. The zero-order valence-electron chi connectivity index (χ0n) is 6.07. The van der Waals surface area contributed by atoms with E-state index in [1.54, 1.807) is 11.4 Å². The Morgan fingerprint density at radius 1 is 1.83 bits per heavy atom. The molecular weight excluding hydrogens is 176 g/mol. The summed E-state index contributed by atoms with van der Waals surface area (Å²) in [5, 5.41) is 20.6. The molecule has 0 aromatic carbocycles. The van der Waals surface area contributed by atoms with Crippen LogP contribution in [0.15, 0.2) is 11.4 Å². The van der Waals surface area contributed by atoms with E-state index in [9.17, 15) is 4.79 Å². The van der Waals surface area contributed by atoms with Crippen LogP contribution in [0.3, 0.4) is 0 Å². The average Bonchev–Trinajstić information content (AvgIpc) is 2.48. The van der Waals surface area contributed by atoms with Gasteiger partial charge in [0.2, 0.25) is 0 Å². The van der Waals surface area contributed by atoms with Crippen molar-refractivity contribution in [2.45, 2.75) is 6.54 Å². The van der Waals surface area contributed by atoms with Crippen LogP contribution in [0.4, 0.5) is 4.79 Å². The van der Waals surface area contributed by atoms with Crippen LogP contribution in [0, 0.1) is 11.3 Å². The van der Waals surface area contributed by atoms with Gasteiger partial charge >= 0.3 is 6.09 Å². The van der Waals surface area contributed by atoms with Gasteiger partial charge in [-0.1, -0.05) is 0 Å². The molecule has 0 radical (unpaired) electrons. The zero-order chi connectivity index (χ0) is 8.97. The van der Waals surface area contributed by atoms with E-state index in [0.717, 1.165) is 4.88 Å². The molecule has 1 rings (SSSR count). The highest BCUT2D eigenvalue weighted by Gasteiger charge is 1.99. The second-order valence-electron chi connectivity index (χ2n) is 2.07. The Balaban J connectivity index is 2.54. The highest BCUT2D eigenvalue weighted by molar-refractivity contribution is 7.10. The fraction of sp³-hybridized carbons (Fsp3) is 0.143. The number of nitrogens with zero attached hydrogens (tertiary/aromatic N) is 1. The molecule has 0 aliphatic rings. The van der Waals surface area contributed by atoms with Crippen molar-refractivity contribution in [3.63, 3.8) is 0 Å². The summed E-state index contributed by atoms with van der Waals surface area (Å²) in [6.07, 6.45) is -1.05. The van der Waals surface area contributed by atoms with Crippen LogP contribution in [0.1, 0.15) is 10.4 Å². The molecule has 2 N–H and O–H groups in total. The van der Waals surface area contributed by atoms with Gasteiger partial charge in [-0.3, -0.25) is 0 Å².